The number of benzene rings is 2. The molecule has 0 fully saturated rings. The number of nitro benzene ring substituents is 1. The van der Waals surface area contributed by atoms with Crippen molar-refractivity contribution in [3.05, 3.63) is 53.4 Å². The molecule has 0 bridgehead atoms. The van der Waals surface area contributed by atoms with Crippen LogP contribution >= 0.6 is 81.9 Å². The second-order valence-electron chi connectivity index (χ2n) is 4.23. The summed E-state index contributed by atoms with van der Waals surface area (Å²) >= 11 is 30.6. The summed E-state index contributed by atoms with van der Waals surface area (Å²) in [5, 5.41) is 22.0. The summed E-state index contributed by atoms with van der Waals surface area (Å²) < 4.78 is 4.85. The molecule has 6 nitrogen and oxygen atoms in total. The van der Waals surface area contributed by atoms with Gasteiger partial charge in [-0.1, -0.05) is 58.0 Å². The fraction of sp³-hybridized carbons (Fsp3) is 0.0769. The summed E-state index contributed by atoms with van der Waals surface area (Å²) in [6, 6.07) is 4.53. The monoisotopic (exact) mass is 495 g/mol. The fourth-order valence-corrected chi connectivity index (χ4v) is 3.88. The van der Waals surface area contributed by atoms with Gasteiger partial charge in [0, 0.05) is 0 Å². The van der Waals surface area contributed by atoms with Crippen LogP contribution in [-0.2, 0) is 0 Å². The van der Waals surface area contributed by atoms with E-state index in [1.165, 1.54) is 13.2 Å². The maximum atomic E-state index is 10.5. The third kappa shape index (κ3) is 5.60. The average molecular weight is 498 g/mol. The van der Waals surface area contributed by atoms with Gasteiger partial charge in [0.15, 0.2) is 0 Å². The van der Waals surface area contributed by atoms with Crippen molar-refractivity contribution in [3.63, 3.8) is 0 Å². The van der Waals surface area contributed by atoms with Crippen LogP contribution in [0.2, 0.25) is 25.1 Å². The number of hydrogen-bond donors (Lipinski definition) is 2. The van der Waals surface area contributed by atoms with Crippen molar-refractivity contribution in [1.82, 2.24) is 0 Å². The Kier molecular flexibility index (Phi) is 9.95. The SMILES string of the molecule is COc1ccc(SN)c([N+](=O)[O-])c1.NSc1c(Cl)c(Cl)c(Cl)c(Cl)c1Cl. The van der Waals surface area contributed by atoms with Crippen molar-refractivity contribution in [2.75, 3.05) is 7.11 Å². The fourth-order valence-electron chi connectivity index (χ4n) is 1.55. The Balaban J connectivity index is 0.000000260. The van der Waals surface area contributed by atoms with Crippen molar-refractivity contribution >= 4 is 87.6 Å². The lowest BCUT2D eigenvalue weighted by atomic mass is 10.3. The normalized spacial score (nSPS) is 10.2. The molecule has 0 aliphatic carbocycles. The Morgan fingerprint density at radius 1 is 0.962 bits per heavy atom. The van der Waals surface area contributed by atoms with E-state index in [0.29, 0.717) is 15.5 Å². The minimum absolute atomic E-state index is 0.0353. The second kappa shape index (κ2) is 10.9. The molecule has 2 rings (SSSR count). The number of halogens is 5. The van der Waals surface area contributed by atoms with Crippen LogP contribution in [0.15, 0.2) is 28.0 Å². The first-order chi connectivity index (χ1) is 12.2. The molecule has 0 atom stereocenters. The van der Waals surface area contributed by atoms with E-state index in [0.717, 1.165) is 23.9 Å². The van der Waals surface area contributed by atoms with Crippen LogP contribution in [0, 0.1) is 10.1 Å². The molecule has 4 N–H and O–H groups in total. The minimum atomic E-state index is -0.488. The zero-order valence-corrected chi connectivity index (χ0v) is 18.2. The standard InChI is InChI=1S/C7H8N2O3S.C6H2Cl5NS/c1-12-5-2-3-7(13-8)6(4-5)9(10)11;7-1-2(8)4(10)6(13-12)5(11)3(1)9/h2-4H,8H2,1H3;12H2. The molecule has 2 aromatic rings. The van der Waals surface area contributed by atoms with Crippen molar-refractivity contribution in [3.8, 4) is 5.75 Å². The average Bonchev–Trinajstić information content (AvgIpc) is 2.65. The van der Waals surface area contributed by atoms with Gasteiger partial charge in [-0.3, -0.25) is 20.4 Å². The third-order valence-electron chi connectivity index (χ3n) is 2.78. The van der Waals surface area contributed by atoms with Gasteiger partial charge in [-0.15, -0.1) is 0 Å². The van der Waals surface area contributed by atoms with Crippen molar-refractivity contribution in [2.45, 2.75) is 9.79 Å². The molecule has 13 heteroatoms. The molecular formula is C13H10Cl5N3O3S2. The van der Waals surface area contributed by atoms with E-state index in [1.807, 2.05) is 0 Å². The molecule has 0 radical (unpaired) electrons. The highest BCUT2D eigenvalue weighted by Gasteiger charge is 2.18. The summed E-state index contributed by atoms with van der Waals surface area (Å²) in [5.74, 6) is 0.449. The highest BCUT2D eigenvalue weighted by atomic mass is 35.5. The van der Waals surface area contributed by atoms with Crippen LogP contribution < -0.4 is 15.0 Å². The van der Waals surface area contributed by atoms with E-state index in [4.69, 9.17) is 73.0 Å². The molecule has 0 saturated heterocycles. The molecule has 0 aliphatic heterocycles. The maximum absolute atomic E-state index is 10.5. The molecule has 0 spiro atoms. The molecule has 26 heavy (non-hydrogen) atoms. The van der Waals surface area contributed by atoms with E-state index >= 15 is 0 Å². The van der Waals surface area contributed by atoms with E-state index < -0.39 is 4.92 Å². The Bertz CT molecular complexity index is 797. The summed E-state index contributed by atoms with van der Waals surface area (Å²) in [6.07, 6.45) is 0. The van der Waals surface area contributed by atoms with E-state index in [9.17, 15) is 10.1 Å². The number of hydrogen-bond acceptors (Lipinski definition) is 7. The zero-order chi connectivity index (χ0) is 20.0. The van der Waals surface area contributed by atoms with Gasteiger partial charge >= 0.3 is 0 Å². The number of nitrogens with two attached hydrogens (primary N) is 2. The quantitative estimate of drug-likeness (QED) is 0.164. The van der Waals surface area contributed by atoms with Gasteiger partial charge in [0.05, 0.1) is 48.1 Å². The molecule has 0 aromatic heterocycles. The molecule has 2 aromatic carbocycles. The van der Waals surface area contributed by atoms with Gasteiger partial charge in [0.25, 0.3) is 5.69 Å². The highest BCUT2D eigenvalue weighted by Crippen LogP contribution is 2.46. The minimum Gasteiger partial charge on any atom is -0.497 e. The van der Waals surface area contributed by atoms with Crippen LogP contribution in [0.4, 0.5) is 5.69 Å². The second-order valence-corrected chi connectivity index (χ2v) is 7.43. The van der Waals surface area contributed by atoms with Crippen LogP contribution in [0.5, 0.6) is 5.75 Å². The maximum Gasteiger partial charge on any atom is 0.287 e. The van der Waals surface area contributed by atoms with Crippen LogP contribution in [0.1, 0.15) is 0 Å². The van der Waals surface area contributed by atoms with Crippen LogP contribution in [0.3, 0.4) is 0 Å². The summed E-state index contributed by atoms with van der Waals surface area (Å²) in [6.45, 7) is 0. The Morgan fingerprint density at radius 3 is 1.85 bits per heavy atom. The number of rotatable bonds is 4. The van der Waals surface area contributed by atoms with Gasteiger partial charge in [-0.2, -0.15) is 0 Å². The lowest BCUT2D eigenvalue weighted by molar-refractivity contribution is -0.387. The molecule has 0 amide bonds. The number of ether oxygens (including phenoxy) is 1. The topological polar surface area (TPSA) is 104 Å². The third-order valence-corrected chi connectivity index (χ3v) is 6.52. The summed E-state index contributed by atoms with van der Waals surface area (Å²) in [7, 11) is 1.45. The summed E-state index contributed by atoms with van der Waals surface area (Å²) in [5.41, 5.74) is -0.0353. The molecule has 142 valence electrons. The highest BCUT2D eigenvalue weighted by molar-refractivity contribution is 7.97. The van der Waals surface area contributed by atoms with Crippen molar-refractivity contribution < 1.29 is 9.66 Å². The van der Waals surface area contributed by atoms with E-state index in [-0.39, 0.29) is 30.8 Å². The Labute approximate surface area is 182 Å². The molecule has 0 unspecified atom stereocenters. The van der Waals surface area contributed by atoms with Gasteiger partial charge in [0.2, 0.25) is 0 Å². The molecule has 0 aliphatic rings. The number of nitrogens with zero attached hydrogens (tertiary/aromatic N) is 1. The largest absolute Gasteiger partial charge is 0.497 e. The first kappa shape index (κ1) is 23.7. The van der Waals surface area contributed by atoms with E-state index in [2.05, 4.69) is 0 Å². The molecule has 0 saturated carbocycles. The van der Waals surface area contributed by atoms with Crippen molar-refractivity contribution in [2.24, 2.45) is 10.3 Å². The first-order valence-corrected chi connectivity index (χ1v) is 9.91. The van der Waals surface area contributed by atoms with Crippen LogP contribution in [-0.4, -0.2) is 12.0 Å². The van der Waals surface area contributed by atoms with Crippen molar-refractivity contribution in [1.29, 1.82) is 0 Å². The predicted octanol–water partition coefficient (Wildman–Crippen LogP) is 6.49. The Morgan fingerprint density at radius 2 is 1.46 bits per heavy atom. The Hall–Kier alpha value is -0.290. The van der Waals surface area contributed by atoms with Crippen LogP contribution in [0.25, 0.3) is 0 Å². The smallest absolute Gasteiger partial charge is 0.287 e. The molecular weight excluding hydrogens is 488 g/mol. The first-order valence-electron chi connectivity index (χ1n) is 6.26. The van der Waals surface area contributed by atoms with Gasteiger partial charge in [0.1, 0.15) is 10.6 Å². The summed E-state index contributed by atoms with van der Waals surface area (Å²) in [4.78, 5) is 10.9. The zero-order valence-electron chi connectivity index (χ0n) is 12.8. The van der Waals surface area contributed by atoms with Gasteiger partial charge < -0.3 is 4.74 Å². The molecule has 0 heterocycles. The lowest BCUT2D eigenvalue weighted by Crippen LogP contribution is -1.93. The van der Waals surface area contributed by atoms with Gasteiger partial charge in [-0.05, 0) is 36.0 Å². The number of methoxy groups -OCH3 is 1. The number of nitro groups is 1. The van der Waals surface area contributed by atoms with Gasteiger partial charge in [-0.25, -0.2) is 0 Å². The predicted molar refractivity (Wildman–Crippen MR) is 111 cm³/mol. The lowest BCUT2D eigenvalue weighted by Gasteiger charge is -2.09. The van der Waals surface area contributed by atoms with E-state index in [1.54, 1.807) is 12.1 Å².